The number of rotatable bonds is 7. The van der Waals surface area contributed by atoms with Crippen molar-refractivity contribution in [2.24, 2.45) is 0 Å². The van der Waals surface area contributed by atoms with Crippen molar-refractivity contribution in [3.63, 3.8) is 0 Å². The Kier molecular flexibility index (Phi) is 6.66. The molecule has 0 aliphatic carbocycles. The van der Waals surface area contributed by atoms with Gasteiger partial charge >= 0.3 is 0 Å². The predicted molar refractivity (Wildman–Crippen MR) is 97.0 cm³/mol. The van der Waals surface area contributed by atoms with Gasteiger partial charge in [0, 0.05) is 18.3 Å². The molecule has 2 rings (SSSR count). The number of hydrogen-bond acceptors (Lipinski definition) is 5. The smallest absolute Gasteiger partial charge is 0.270 e. The van der Waals surface area contributed by atoms with E-state index in [1.165, 1.54) is 12.1 Å². The second kappa shape index (κ2) is 8.73. The Morgan fingerprint density at radius 1 is 1.28 bits per heavy atom. The Morgan fingerprint density at radius 2 is 2.04 bits per heavy atom. The minimum absolute atomic E-state index is 0.00892. The molecule has 1 amide bonds. The first-order valence-corrected chi connectivity index (χ1v) is 8.23. The van der Waals surface area contributed by atoms with Crippen LogP contribution in [0.4, 0.5) is 15.9 Å². The molecule has 0 aliphatic rings. The van der Waals surface area contributed by atoms with Crippen LogP contribution in [0.3, 0.4) is 0 Å². The quantitative estimate of drug-likeness (QED) is 0.738. The highest BCUT2D eigenvalue weighted by atomic mass is 35.5. The molecule has 0 bridgehead atoms. The van der Waals surface area contributed by atoms with Crippen molar-refractivity contribution in [2.75, 3.05) is 32.5 Å². The van der Waals surface area contributed by atoms with Crippen molar-refractivity contribution in [2.45, 2.75) is 13.3 Å². The van der Waals surface area contributed by atoms with E-state index in [1.54, 1.807) is 19.1 Å². The fraction of sp³-hybridized carbons (Fsp3) is 0.353. The topological polar surface area (TPSA) is 70.2 Å². The first-order chi connectivity index (χ1) is 11.8. The van der Waals surface area contributed by atoms with Crippen molar-refractivity contribution in [3.8, 4) is 0 Å². The standard InChI is InChI=1S/C17H21ClFN5O/c1-11-21-15(17(25)20-7-4-8-24(2)3)10-16(22-11)23-12-5-6-14(19)13(18)9-12/h5-6,9-10H,4,7-8H2,1-3H3,(H,20,25)(H,21,22,23). The van der Waals surface area contributed by atoms with Gasteiger partial charge < -0.3 is 15.5 Å². The zero-order valence-corrected chi connectivity index (χ0v) is 15.2. The third-order valence-electron chi connectivity index (χ3n) is 3.33. The van der Waals surface area contributed by atoms with E-state index in [2.05, 4.69) is 25.5 Å². The van der Waals surface area contributed by atoms with E-state index in [1.807, 2.05) is 14.1 Å². The maximum atomic E-state index is 13.2. The van der Waals surface area contributed by atoms with Crippen molar-refractivity contribution >= 4 is 29.0 Å². The molecule has 25 heavy (non-hydrogen) atoms. The predicted octanol–water partition coefficient (Wildman–Crippen LogP) is 3.00. The van der Waals surface area contributed by atoms with E-state index in [-0.39, 0.29) is 16.6 Å². The summed E-state index contributed by atoms with van der Waals surface area (Å²) in [5, 5.41) is 5.85. The summed E-state index contributed by atoms with van der Waals surface area (Å²) in [6.07, 6.45) is 0.849. The molecule has 0 atom stereocenters. The maximum Gasteiger partial charge on any atom is 0.270 e. The molecule has 134 valence electrons. The number of hydrogen-bond donors (Lipinski definition) is 2. The van der Waals surface area contributed by atoms with Gasteiger partial charge in [0.25, 0.3) is 5.91 Å². The van der Waals surface area contributed by atoms with Crippen molar-refractivity contribution in [3.05, 3.63) is 46.6 Å². The molecule has 1 heterocycles. The molecule has 1 aromatic heterocycles. The van der Waals surface area contributed by atoms with Crippen LogP contribution in [0.2, 0.25) is 5.02 Å². The highest BCUT2D eigenvalue weighted by Gasteiger charge is 2.11. The van der Waals surface area contributed by atoms with Gasteiger partial charge in [0.05, 0.1) is 5.02 Å². The number of anilines is 2. The van der Waals surface area contributed by atoms with Gasteiger partial charge in [-0.3, -0.25) is 4.79 Å². The largest absolute Gasteiger partial charge is 0.351 e. The Balaban J connectivity index is 2.06. The summed E-state index contributed by atoms with van der Waals surface area (Å²) < 4.78 is 13.2. The molecule has 0 saturated heterocycles. The number of aromatic nitrogens is 2. The van der Waals surface area contributed by atoms with Crippen molar-refractivity contribution in [1.82, 2.24) is 20.2 Å². The maximum absolute atomic E-state index is 13.2. The Hall–Kier alpha value is -2.25. The van der Waals surface area contributed by atoms with Crippen LogP contribution < -0.4 is 10.6 Å². The van der Waals surface area contributed by atoms with E-state index in [9.17, 15) is 9.18 Å². The van der Waals surface area contributed by atoms with Crippen LogP contribution in [-0.2, 0) is 0 Å². The first-order valence-electron chi connectivity index (χ1n) is 7.86. The summed E-state index contributed by atoms with van der Waals surface area (Å²) in [7, 11) is 3.96. The van der Waals surface area contributed by atoms with Gasteiger partial charge in [0.1, 0.15) is 23.2 Å². The molecule has 0 fully saturated rings. The second-order valence-electron chi connectivity index (χ2n) is 5.85. The highest BCUT2D eigenvalue weighted by Crippen LogP contribution is 2.22. The van der Waals surface area contributed by atoms with E-state index < -0.39 is 5.82 Å². The number of benzene rings is 1. The number of nitrogens with zero attached hydrogens (tertiary/aromatic N) is 3. The molecule has 8 heteroatoms. The van der Waals surface area contributed by atoms with Gasteiger partial charge in [0.2, 0.25) is 0 Å². The summed E-state index contributed by atoms with van der Waals surface area (Å²) in [5.74, 6) is 0.138. The van der Waals surface area contributed by atoms with Gasteiger partial charge in [-0.15, -0.1) is 0 Å². The van der Waals surface area contributed by atoms with Crippen LogP contribution in [0.5, 0.6) is 0 Å². The molecule has 0 aliphatic heterocycles. The van der Waals surface area contributed by atoms with Crippen LogP contribution in [0.25, 0.3) is 0 Å². The number of aryl methyl sites for hydroxylation is 1. The lowest BCUT2D eigenvalue weighted by Crippen LogP contribution is -2.28. The lowest BCUT2D eigenvalue weighted by molar-refractivity contribution is 0.0947. The number of carbonyl (C=O) groups excluding carboxylic acids is 1. The number of nitrogens with one attached hydrogen (secondary N) is 2. The highest BCUT2D eigenvalue weighted by molar-refractivity contribution is 6.31. The molecule has 2 aromatic rings. The Bertz CT molecular complexity index is 754. The SMILES string of the molecule is Cc1nc(Nc2ccc(F)c(Cl)c2)cc(C(=O)NCCCN(C)C)n1. The Labute approximate surface area is 151 Å². The third-order valence-corrected chi connectivity index (χ3v) is 3.62. The van der Waals surface area contributed by atoms with E-state index in [0.29, 0.717) is 23.9 Å². The molecular formula is C17H21ClFN5O. The third kappa shape index (κ3) is 5.95. The average molecular weight is 366 g/mol. The second-order valence-corrected chi connectivity index (χ2v) is 6.26. The summed E-state index contributed by atoms with van der Waals surface area (Å²) in [4.78, 5) is 22.7. The van der Waals surface area contributed by atoms with Gasteiger partial charge in [0.15, 0.2) is 0 Å². The minimum atomic E-state index is -0.496. The van der Waals surface area contributed by atoms with Crippen molar-refractivity contribution in [1.29, 1.82) is 0 Å². The fourth-order valence-corrected chi connectivity index (χ4v) is 2.34. The van der Waals surface area contributed by atoms with Crippen LogP contribution in [-0.4, -0.2) is 48.0 Å². The molecule has 0 unspecified atom stereocenters. The minimum Gasteiger partial charge on any atom is -0.351 e. The average Bonchev–Trinajstić information content (AvgIpc) is 2.54. The molecule has 6 nitrogen and oxygen atoms in total. The molecule has 2 N–H and O–H groups in total. The zero-order valence-electron chi connectivity index (χ0n) is 14.4. The van der Waals surface area contributed by atoms with Gasteiger partial charge in [-0.2, -0.15) is 0 Å². The lowest BCUT2D eigenvalue weighted by atomic mass is 10.3. The Morgan fingerprint density at radius 3 is 2.72 bits per heavy atom. The summed E-state index contributed by atoms with van der Waals surface area (Å²) in [5.41, 5.74) is 0.843. The molecule has 0 radical (unpaired) electrons. The monoisotopic (exact) mass is 365 g/mol. The van der Waals surface area contributed by atoms with Gasteiger partial charge in [-0.05, 0) is 52.2 Å². The zero-order chi connectivity index (χ0) is 18.4. The van der Waals surface area contributed by atoms with Crippen LogP contribution in [0.1, 0.15) is 22.7 Å². The molecule has 1 aromatic carbocycles. The molecule has 0 spiro atoms. The number of halogens is 2. The normalized spacial score (nSPS) is 10.8. The van der Waals surface area contributed by atoms with E-state index in [0.717, 1.165) is 13.0 Å². The van der Waals surface area contributed by atoms with E-state index in [4.69, 9.17) is 11.6 Å². The summed E-state index contributed by atoms with van der Waals surface area (Å²) >= 11 is 5.77. The van der Waals surface area contributed by atoms with Crippen LogP contribution >= 0.6 is 11.6 Å². The first kappa shape index (κ1) is 19.1. The molecular weight excluding hydrogens is 345 g/mol. The van der Waals surface area contributed by atoms with Crippen LogP contribution in [0.15, 0.2) is 24.3 Å². The lowest BCUT2D eigenvalue weighted by Gasteiger charge is -2.11. The van der Waals surface area contributed by atoms with Crippen molar-refractivity contribution < 1.29 is 9.18 Å². The fourth-order valence-electron chi connectivity index (χ4n) is 2.16. The van der Waals surface area contributed by atoms with Gasteiger partial charge in [-0.1, -0.05) is 11.6 Å². The van der Waals surface area contributed by atoms with Crippen LogP contribution in [0, 0.1) is 12.7 Å². The summed E-state index contributed by atoms with van der Waals surface area (Å²) in [6.45, 7) is 3.16. The van der Waals surface area contributed by atoms with Gasteiger partial charge in [-0.25, -0.2) is 14.4 Å². The summed E-state index contributed by atoms with van der Waals surface area (Å²) in [6, 6.07) is 5.80. The molecule has 0 saturated carbocycles. The van der Waals surface area contributed by atoms with E-state index >= 15 is 0 Å². The number of amides is 1. The number of carbonyl (C=O) groups is 1.